The average Bonchev–Trinajstić information content (AvgIpc) is 3.15. The van der Waals surface area contributed by atoms with Gasteiger partial charge in [-0.05, 0) is 56.3 Å². The molecule has 0 saturated carbocycles. The molecule has 2 saturated heterocycles. The Morgan fingerprint density at radius 1 is 0.935 bits per heavy atom. The van der Waals surface area contributed by atoms with Gasteiger partial charge in [0, 0.05) is 30.0 Å². The van der Waals surface area contributed by atoms with E-state index in [1.54, 1.807) is 0 Å². The fraction of sp³-hybridized carbons (Fsp3) is 0.667. The molecule has 4 rings (SSSR count). The van der Waals surface area contributed by atoms with E-state index < -0.39 is 23.6 Å². The third kappa shape index (κ3) is 3.60. The number of rotatable bonds is 2. The first kappa shape index (κ1) is 22.4. The number of carbonyl (C=O) groups excluding carboxylic acids is 1. The lowest BCUT2D eigenvalue weighted by atomic mass is 9.77. The zero-order chi connectivity index (χ0) is 22.6. The van der Waals surface area contributed by atoms with Crippen LogP contribution < -0.4 is 5.32 Å². The van der Waals surface area contributed by atoms with Crippen molar-refractivity contribution >= 4 is 5.91 Å². The van der Waals surface area contributed by atoms with Gasteiger partial charge < -0.3 is 10.2 Å². The van der Waals surface area contributed by atoms with Crippen LogP contribution in [0.1, 0.15) is 48.3 Å². The van der Waals surface area contributed by atoms with Crippen LogP contribution in [0.4, 0.5) is 30.7 Å². The third-order valence-corrected chi connectivity index (χ3v) is 6.95. The van der Waals surface area contributed by atoms with E-state index in [-0.39, 0.29) is 30.2 Å². The fourth-order valence-electron chi connectivity index (χ4n) is 5.34. The molecule has 3 nitrogen and oxygen atoms in total. The van der Waals surface area contributed by atoms with E-state index in [0.717, 1.165) is 25.9 Å². The molecule has 0 radical (unpaired) electrons. The molecule has 2 unspecified atom stereocenters. The molecule has 172 valence electrons. The van der Waals surface area contributed by atoms with E-state index in [0.29, 0.717) is 42.6 Å². The Morgan fingerprint density at radius 3 is 2.19 bits per heavy atom. The summed E-state index contributed by atoms with van der Waals surface area (Å²) in [7, 11) is 0. The first-order valence-corrected chi connectivity index (χ1v) is 10.4. The van der Waals surface area contributed by atoms with E-state index in [1.807, 2.05) is 4.90 Å². The fourth-order valence-corrected chi connectivity index (χ4v) is 5.34. The molecule has 2 heterocycles. The lowest BCUT2D eigenvalue weighted by Gasteiger charge is -2.37. The quantitative estimate of drug-likeness (QED) is 0.665. The third-order valence-electron chi connectivity index (χ3n) is 6.95. The van der Waals surface area contributed by atoms with E-state index in [2.05, 4.69) is 5.32 Å². The molecule has 2 aliphatic heterocycles. The minimum absolute atomic E-state index is 0.0606. The van der Waals surface area contributed by atoms with Crippen molar-refractivity contribution in [3.63, 3.8) is 0 Å². The predicted octanol–water partition coefficient (Wildman–Crippen LogP) is 4.61. The maximum Gasteiger partial charge on any atom is 0.435 e. The van der Waals surface area contributed by atoms with Crippen LogP contribution in [0, 0.1) is 5.92 Å². The van der Waals surface area contributed by atoms with Gasteiger partial charge in [0.15, 0.2) is 0 Å². The minimum Gasteiger partial charge on any atom is -0.339 e. The number of benzene rings is 1. The van der Waals surface area contributed by atoms with Crippen LogP contribution >= 0.6 is 0 Å². The van der Waals surface area contributed by atoms with Crippen molar-refractivity contribution in [2.45, 2.75) is 62.1 Å². The molecule has 3 aliphatic rings. The van der Waals surface area contributed by atoms with Crippen LogP contribution in [0.3, 0.4) is 0 Å². The molecular formula is C21H23F7N2O. The Kier molecular flexibility index (Phi) is 5.51. The normalized spacial score (nSPS) is 25.3. The molecule has 0 spiro atoms. The summed E-state index contributed by atoms with van der Waals surface area (Å²) in [5.74, 6) is -0.144. The van der Waals surface area contributed by atoms with Crippen LogP contribution in [-0.4, -0.2) is 48.8 Å². The molecule has 2 atom stereocenters. The second kappa shape index (κ2) is 7.64. The molecule has 31 heavy (non-hydrogen) atoms. The summed E-state index contributed by atoms with van der Waals surface area (Å²) < 4.78 is 93.1. The number of piperidine rings is 1. The Morgan fingerprint density at radius 2 is 1.58 bits per heavy atom. The van der Waals surface area contributed by atoms with Gasteiger partial charge in [0.2, 0.25) is 5.91 Å². The smallest absolute Gasteiger partial charge is 0.339 e. The van der Waals surface area contributed by atoms with Crippen LogP contribution in [0.15, 0.2) is 18.2 Å². The average molecular weight is 452 g/mol. The van der Waals surface area contributed by atoms with Gasteiger partial charge in [-0.25, -0.2) is 4.39 Å². The maximum atomic E-state index is 14.4. The topological polar surface area (TPSA) is 32.3 Å². The van der Waals surface area contributed by atoms with Crippen molar-refractivity contribution in [1.29, 1.82) is 0 Å². The van der Waals surface area contributed by atoms with Crippen molar-refractivity contribution in [3.8, 4) is 0 Å². The summed E-state index contributed by atoms with van der Waals surface area (Å²) in [5, 5.41) is 3.21. The first-order chi connectivity index (χ1) is 14.4. The van der Waals surface area contributed by atoms with Crippen molar-refractivity contribution < 1.29 is 35.5 Å². The van der Waals surface area contributed by atoms with Crippen LogP contribution in [-0.2, 0) is 16.9 Å². The van der Waals surface area contributed by atoms with Crippen molar-refractivity contribution in [1.82, 2.24) is 10.2 Å². The number of nitrogens with one attached hydrogen (secondary N) is 1. The predicted molar refractivity (Wildman–Crippen MR) is 98.1 cm³/mol. The number of aryl methyl sites for hydroxylation is 1. The lowest BCUT2D eigenvalue weighted by molar-refractivity contribution is -0.348. The molecular weight excluding hydrogens is 429 g/mol. The van der Waals surface area contributed by atoms with Crippen LogP contribution in [0.25, 0.3) is 0 Å². The van der Waals surface area contributed by atoms with E-state index in [4.69, 9.17) is 0 Å². The Labute approximate surface area is 175 Å². The standard InChI is InChI=1S/C21H23F7N2O/c22-19(20(23,24)25,21(26,27)28)14-2-3-15-13(11-14)1-4-17-16(15)7-10-30(17)18(31)12-5-8-29-9-6-12/h2-3,11-12,16-17,29H,1,4-10H2. The first-order valence-electron chi connectivity index (χ1n) is 10.4. The summed E-state index contributed by atoms with van der Waals surface area (Å²) in [5.41, 5.74) is -5.94. The number of fused-ring (bicyclic) bond motifs is 3. The van der Waals surface area contributed by atoms with Gasteiger partial charge in [-0.1, -0.05) is 18.2 Å². The summed E-state index contributed by atoms with van der Waals surface area (Å²) in [6, 6.07) is 2.37. The zero-order valence-corrected chi connectivity index (χ0v) is 16.6. The number of hydrogen-bond donors (Lipinski definition) is 1. The summed E-state index contributed by atoms with van der Waals surface area (Å²) >= 11 is 0. The van der Waals surface area contributed by atoms with E-state index in [9.17, 15) is 35.5 Å². The number of amides is 1. The highest BCUT2D eigenvalue weighted by Crippen LogP contribution is 2.54. The number of halogens is 7. The van der Waals surface area contributed by atoms with Gasteiger partial charge in [0.1, 0.15) is 0 Å². The number of carbonyl (C=O) groups is 1. The van der Waals surface area contributed by atoms with E-state index >= 15 is 0 Å². The highest BCUT2D eigenvalue weighted by Gasteiger charge is 2.73. The minimum atomic E-state index is -6.12. The second-order valence-electron chi connectivity index (χ2n) is 8.62. The maximum absolute atomic E-state index is 14.4. The Balaban J connectivity index is 1.61. The Hall–Kier alpha value is -1.84. The SMILES string of the molecule is O=C(C1CCNCC1)N1CCC2c3ccc(C(F)(C(F)(F)F)C(F)(F)F)cc3CCC21. The van der Waals surface area contributed by atoms with Gasteiger partial charge in [0.25, 0.3) is 0 Å². The molecule has 2 fully saturated rings. The highest BCUT2D eigenvalue weighted by molar-refractivity contribution is 5.80. The van der Waals surface area contributed by atoms with Crippen LogP contribution in [0.5, 0.6) is 0 Å². The Bertz CT molecular complexity index is 831. The molecule has 1 N–H and O–H groups in total. The molecule has 0 bridgehead atoms. The summed E-state index contributed by atoms with van der Waals surface area (Å²) in [6.45, 7) is 2.05. The lowest BCUT2D eigenvalue weighted by Crippen LogP contribution is -2.50. The molecule has 1 aromatic carbocycles. The number of alkyl halides is 7. The van der Waals surface area contributed by atoms with Crippen molar-refractivity contribution in [2.75, 3.05) is 19.6 Å². The number of hydrogen-bond acceptors (Lipinski definition) is 2. The summed E-state index contributed by atoms with van der Waals surface area (Å²) in [6.07, 6.45) is -9.52. The molecule has 1 aliphatic carbocycles. The monoisotopic (exact) mass is 452 g/mol. The van der Waals surface area contributed by atoms with Gasteiger partial charge in [0.05, 0.1) is 0 Å². The largest absolute Gasteiger partial charge is 0.435 e. The molecule has 0 aromatic heterocycles. The van der Waals surface area contributed by atoms with Gasteiger partial charge >= 0.3 is 18.0 Å². The van der Waals surface area contributed by atoms with E-state index in [1.165, 1.54) is 6.07 Å². The number of nitrogens with zero attached hydrogens (tertiary/aromatic N) is 1. The van der Waals surface area contributed by atoms with Crippen molar-refractivity contribution in [2.24, 2.45) is 5.92 Å². The highest BCUT2D eigenvalue weighted by atomic mass is 19.4. The van der Waals surface area contributed by atoms with Gasteiger partial charge in [-0.2, -0.15) is 26.3 Å². The zero-order valence-electron chi connectivity index (χ0n) is 16.6. The van der Waals surface area contributed by atoms with Crippen molar-refractivity contribution in [3.05, 3.63) is 34.9 Å². The second-order valence-corrected chi connectivity index (χ2v) is 8.62. The van der Waals surface area contributed by atoms with Gasteiger partial charge in [-0.3, -0.25) is 4.79 Å². The van der Waals surface area contributed by atoms with Gasteiger partial charge in [-0.15, -0.1) is 0 Å². The molecule has 10 heteroatoms. The van der Waals surface area contributed by atoms with Crippen LogP contribution in [0.2, 0.25) is 0 Å². The molecule has 1 aromatic rings. The molecule has 1 amide bonds. The number of likely N-dealkylation sites (tertiary alicyclic amines) is 1. The summed E-state index contributed by atoms with van der Waals surface area (Å²) in [4.78, 5) is 14.8.